The van der Waals surface area contributed by atoms with Crippen molar-refractivity contribution in [3.8, 4) is 11.5 Å². The SMILES string of the molecule is COc1cc(/C=c2\sc3n(c2=O)CN(c2ccc(C)cc2)CN=3)c([N+](=O)[O-])cc1OC. The molecule has 10 heteroatoms. The van der Waals surface area contributed by atoms with E-state index in [9.17, 15) is 14.9 Å². The van der Waals surface area contributed by atoms with Crippen molar-refractivity contribution in [3.63, 3.8) is 0 Å². The molecule has 0 unspecified atom stereocenters. The van der Waals surface area contributed by atoms with Gasteiger partial charge in [-0.1, -0.05) is 29.0 Å². The molecule has 1 aromatic heterocycles. The maximum atomic E-state index is 13.0. The number of ether oxygens (including phenoxy) is 2. The Hall–Kier alpha value is -3.66. The zero-order valence-electron chi connectivity index (χ0n) is 17.2. The molecule has 0 saturated carbocycles. The van der Waals surface area contributed by atoms with Crippen LogP contribution in [0.3, 0.4) is 0 Å². The molecular weight excluding hydrogens is 420 g/mol. The summed E-state index contributed by atoms with van der Waals surface area (Å²) in [5.74, 6) is 0.591. The molecule has 0 fully saturated rings. The van der Waals surface area contributed by atoms with Gasteiger partial charge >= 0.3 is 0 Å². The highest BCUT2D eigenvalue weighted by Crippen LogP contribution is 2.34. The molecule has 0 spiro atoms. The lowest BCUT2D eigenvalue weighted by Gasteiger charge is -2.25. The number of benzene rings is 2. The molecule has 160 valence electrons. The van der Waals surface area contributed by atoms with Crippen molar-refractivity contribution < 1.29 is 14.4 Å². The third-order valence-corrected chi connectivity index (χ3v) is 6.04. The van der Waals surface area contributed by atoms with Crippen LogP contribution < -0.4 is 29.3 Å². The van der Waals surface area contributed by atoms with Gasteiger partial charge in [-0.2, -0.15) is 0 Å². The summed E-state index contributed by atoms with van der Waals surface area (Å²) in [5, 5.41) is 11.6. The molecule has 4 rings (SSSR count). The molecule has 9 nitrogen and oxygen atoms in total. The number of thiazole rings is 1. The number of anilines is 1. The smallest absolute Gasteiger partial charge is 0.280 e. The van der Waals surface area contributed by atoms with Crippen LogP contribution in [0, 0.1) is 17.0 Å². The highest BCUT2D eigenvalue weighted by molar-refractivity contribution is 7.07. The van der Waals surface area contributed by atoms with Gasteiger partial charge in [0, 0.05) is 5.69 Å². The van der Waals surface area contributed by atoms with Crippen LogP contribution in [0.2, 0.25) is 0 Å². The van der Waals surface area contributed by atoms with E-state index in [-0.39, 0.29) is 22.6 Å². The predicted molar refractivity (Wildman–Crippen MR) is 118 cm³/mol. The average molecular weight is 440 g/mol. The van der Waals surface area contributed by atoms with E-state index in [1.165, 1.54) is 43.8 Å². The van der Waals surface area contributed by atoms with Crippen molar-refractivity contribution in [1.29, 1.82) is 0 Å². The minimum Gasteiger partial charge on any atom is -0.493 e. The zero-order valence-corrected chi connectivity index (χ0v) is 18.0. The van der Waals surface area contributed by atoms with E-state index >= 15 is 0 Å². The first-order valence-corrected chi connectivity index (χ1v) is 10.2. The Morgan fingerprint density at radius 1 is 1.16 bits per heavy atom. The van der Waals surface area contributed by atoms with Gasteiger partial charge in [-0.15, -0.1) is 0 Å². The largest absolute Gasteiger partial charge is 0.493 e. The molecule has 0 radical (unpaired) electrons. The van der Waals surface area contributed by atoms with Crippen LogP contribution in [0.4, 0.5) is 11.4 Å². The molecule has 0 N–H and O–H groups in total. The minimum absolute atomic E-state index is 0.174. The second kappa shape index (κ2) is 8.23. The van der Waals surface area contributed by atoms with E-state index in [1.807, 2.05) is 36.1 Å². The van der Waals surface area contributed by atoms with Gasteiger partial charge in [-0.25, -0.2) is 4.99 Å². The van der Waals surface area contributed by atoms with Crippen LogP contribution >= 0.6 is 11.3 Å². The van der Waals surface area contributed by atoms with Crippen LogP contribution in [0.1, 0.15) is 11.1 Å². The van der Waals surface area contributed by atoms with Crippen molar-refractivity contribution in [2.75, 3.05) is 25.8 Å². The van der Waals surface area contributed by atoms with E-state index in [0.717, 1.165) is 11.3 Å². The van der Waals surface area contributed by atoms with Crippen molar-refractivity contribution in [2.24, 2.45) is 4.99 Å². The number of aryl methyl sites for hydroxylation is 1. The Bertz CT molecular complexity index is 1330. The van der Waals surface area contributed by atoms with Crippen LogP contribution in [-0.4, -0.2) is 30.4 Å². The number of hydrogen-bond acceptors (Lipinski definition) is 8. The fourth-order valence-electron chi connectivity index (χ4n) is 3.33. The molecule has 1 aliphatic rings. The third kappa shape index (κ3) is 3.89. The third-order valence-electron chi connectivity index (χ3n) is 4.99. The minimum atomic E-state index is -0.511. The number of hydrogen-bond donors (Lipinski definition) is 0. The monoisotopic (exact) mass is 440 g/mol. The number of nitrogens with zero attached hydrogens (tertiary/aromatic N) is 4. The van der Waals surface area contributed by atoms with E-state index in [2.05, 4.69) is 4.99 Å². The fraction of sp³-hybridized carbons (Fsp3) is 0.238. The summed E-state index contributed by atoms with van der Waals surface area (Å²) in [4.78, 5) is 31.2. The molecular formula is C21H20N4O5S. The van der Waals surface area contributed by atoms with Gasteiger partial charge in [0.15, 0.2) is 16.3 Å². The average Bonchev–Trinajstić information content (AvgIpc) is 3.08. The van der Waals surface area contributed by atoms with Gasteiger partial charge in [0.2, 0.25) is 0 Å². The summed E-state index contributed by atoms with van der Waals surface area (Å²) in [5.41, 5.74) is 1.96. The van der Waals surface area contributed by atoms with Gasteiger partial charge in [0.05, 0.1) is 35.3 Å². The molecule has 0 amide bonds. The van der Waals surface area contributed by atoms with Crippen LogP contribution in [0.15, 0.2) is 46.2 Å². The maximum absolute atomic E-state index is 13.0. The maximum Gasteiger partial charge on any atom is 0.280 e. The lowest BCUT2D eigenvalue weighted by molar-refractivity contribution is -0.385. The van der Waals surface area contributed by atoms with Crippen molar-refractivity contribution >= 4 is 28.8 Å². The van der Waals surface area contributed by atoms with E-state index in [4.69, 9.17) is 9.47 Å². The predicted octanol–water partition coefficient (Wildman–Crippen LogP) is 2.03. The first-order chi connectivity index (χ1) is 14.9. The van der Waals surface area contributed by atoms with Crippen LogP contribution in [-0.2, 0) is 6.67 Å². The Morgan fingerprint density at radius 3 is 2.48 bits per heavy atom. The standard InChI is InChI=1S/C21H20N4O5S/c1-13-4-6-15(7-5-13)23-11-22-21-24(12-23)20(26)19(31-21)9-14-8-17(29-2)18(30-3)10-16(14)25(27)28/h4-10H,11-12H2,1-3H3/b19-9-. The second-order valence-corrected chi connectivity index (χ2v) is 7.97. The number of aromatic nitrogens is 1. The highest BCUT2D eigenvalue weighted by atomic mass is 32.1. The summed E-state index contributed by atoms with van der Waals surface area (Å²) in [6.45, 7) is 2.80. The molecule has 31 heavy (non-hydrogen) atoms. The lowest BCUT2D eigenvalue weighted by Crippen LogP contribution is -2.42. The summed E-state index contributed by atoms with van der Waals surface area (Å²) < 4.78 is 12.4. The first-order valence-electron chi connectivity index (χ1n) is 9.39. The molecule has 3 aromatic rings. The normalized spacial score (nSPS) is 13.5. The summed E-state index contributed by atoms with van der Waals surface area (Å²) in [6, 6.07) is 10.8. The summed E-state index contributed by atoms with van der Waals surface area (Å²) in [7, 11) is 2.86. The first kappa shape index (κ1) is 20.6. The fourth-order valence-corrected chi connectivity index (χ4v) is 4.28. The number of nitro benzene ring substituents is 1. The second-order valence-electron chi connectivity index (χ2n) is 6.97. The molecule has 0 aliphatic carbocycles. The van der Waals surface area contributed by atoms with Crippen molar-refractivity contribution in [2.45, 2.75) is 13.6 Å². The van der Waals surface area contributed by atoms with E-state index < -0.39 is 4.92 Å². The summed E-state index contributed by atoms with van der Waals surface area (Å²) in [6.07, 6.45) is 1.50. The molecule has 2 aromatic carbocycles. The van der Waals surface area contributed by atoms with Crippen molar-refractivity contribution in [1.82, 2.24) is 4.57 Å². The Labute approximate surface area is 181 Å². The zero-order chi connectivity index (χ0) is 22.1. The quantitative estimate of drug-likeness (QED) is 0.445. The van der Waals surface area contributed by atoms with Gasteiger partial charge in [0.25, 0.3) is 11.2 Å². The lowest BCUT2D eigenvalue weighted by atomic mass is 10.1. The summed E-state index contributed by atoms with van der Waals surface area (Å²) >= 11 is 1.21. The highest BCUT2D eigenvalue weighted by Gasteiger charge is 2.20. The molecule has 0 bridgehead atoms. The van der Waals surface area contributed by atoms with E-state index in [1.54, 1.807) is 4.57 Å². The molecule has 0 saturated heterocycles. The Balaban J connectivity index is 1.78. The molecule has 0 atom stereocenters. The number of nitro groups is 1. The number of fused-ring (bicyclic) bond motifs is 1. The van der Waals surface area contributed by atoms with Crippen LogP contribution in [0.25, 0.3) is 6.08 Å². The Morgan fingerprint density at radius 2 is 1.84 bits per heavy atom. The number of methoxy groups -OCH3 is 2. The van der Waals surface area contributed by atoms with Crippen molar-refractivity contribution in [3.05, 3.63) is 77.3 Å². The van der Waals surface area contributed by atoms with Gasteiger partial charge in [-0.05, 0) is 31.2 Å². The van der Waals surface area contributed by atoms with Crippen LogP contribution in [0.5, 0.6) is 11.5 Å². The topological polar surface area (TPSA) is 99.2 Å². The number of rotatable bonds is 5. The van der Waals surface area contributed by atoms with E-state index in [0.29, 0.717) is 28.4 Å². The van der Waals surface area contributed by atoms with Gasteiger partial charge in [0.1, 0.15) is 13.3 Å². The molecule has 2 heterocycles. The Kier molecular flexibility index (Phi) is 5.47. The van der Waals surface area contributed by atoms with Gasteiger partial charge < -0.3 is 14.4 Å². The van der Waals surface area contributed by atoms with Gasteiger partial charge in [-0.3, -0.25) is 19.5 Å². The molecule has 1 aliphatic heterocycles.